The standard InChI is InChI=1S/C20H20N4O4/c1-12-7-8-15(21)14(11-12)19(26)23-10-3-2-9-22-18(25)13-5-4-6-16-17(13)24-20(27)28-16/h2-8,11H,9-10,21H2,1H3,(H,22,25)(H,23,26)(H,24,27)/b3-2-. The minimum absolute atomic E-state index is 0.259. The summed E-state index contributed by atoms with van der Waals surface area (Å²) in [4.78, 5) is 38.2. The van der Waals surface area contributed by atoms with E-state index in [0.717, 1.165) is 5.56 Å². The third-order valence-corrected chi connectivity index (χ3v) is 4.08. The van der Waals surface area contributed by atoms with Crippen molar-refractivity contribution >= 4 is 28.6 Å². The van der Waals surface area contributed by atoms with Crippen LogP contribution in [0.1, 0.15) is 26.3 Å². The second-order valence-corrected chi connectivity index (χ2v) is 6.18. The summed E-state index contributed by atoms with van der Waals surface area (Å²) in [7, 11) is 0. The number of aromatic nitrogens is 1. The monoisotopic (exact) mass is 380 g/mol. The molecule has 5 N–H and O–H groups in total. The Hall–Kier alpha value is -3.81. The number of hydrogen-bond acceptors (Lipinski definition) is 5. The second-order valence-electron chi connectivity index (χ2n) is 6.18. The number of H-pyrrole nitrogens is 1. The number of oxazole rings is 1. The smallest absolute Gasteiger partial charge is 0.408 e. The van der Waals surface area contributed by atoms with Gasteiger partial charge in [-0.3, -0.25) is 14.6 Å². The minimum atomic E-state index is -0.611. The zero-order valence-corrected chi connectivity index (χ0v) is 15.2. The first-order valence-corrected chi connectivity index (χ1v) is 8.65. The van der Waals surface area contributed by atoms with E-state index in [4.69, 9.17) is 10.2 Å². The van der Waals surface area contributed by atoms with Gasteiger partial charge >= 0.3 is 5.76 Å². The SMILES string of the molecule is Cc1ccc(N)c(C(=O)NC/C=C\CNC(=O)c2cccc3oc(=O)[nH]c23)c1. The fourth-order valence-electron chi connectivity index (χ4n) is 2.69. The molecule has 8 heteroatoms. The lowest BCUT2D eigenvalue weighted by molar-refractivity contribution is 0.0949. The third-order valence-electron chi connectivity index (χ3n) is 4.08. The number of carbonyl (C=O) groups excluding carboxylic acids is 2. The van der Waals surface area contributed by atoms with E-state index >= 15 is 0 Å². The van der Waals surface area contributed by atoms with Gasteiger partial charge in [0.2, 0.25) is 0 Å². The summed E-state index contributed by atoms with van der Waals surface area (Å²) in [5.74, 6) is -1.21. The highest BCUT2D eigenvalue weighted by molar-refractivity contribution is 6.04. The molecule has 0 atom stereocenters. The molecule has 0 aliphatic carbocycles. The molecular weight excluding hydrogens is 360 g/mol. The molecule has 28 heavy (non-hydrogen) atoms. The number of benzene rings is 2. The molecular formula is C20H20N4O4. The fourth-order valence-corrected chi connectivity index (χ4v) is 2.69. The van der Waals surface area contributed by atoms with Crippen LogP contribution < -0.4 is 22.1 Å². The average Bonchev–Trinajstić information content (AvgIpc) is 3.06. The van der Waals surface area contributed by atoms with Crippen LogP contribution in [0.3, 0.4) is 0 Å². The van der Waals surface area contributed by atoms with Gasteiger partial charge in [-0.15, -0.1) is 0 Å². The number of aryl methyl sites for hydroxylation is 1. The van der Waals surface area contributed by atoms with Crippen molar-refractivity contribution in [2.75, 3.05) is 18.8 Å². The van der Waals surface area contributed by atoms with E-state index in [1.54, 1.807) is 42.5 Å². The molecule has 0 aliphatic rings. The first-order chi connectivity index (χ1) is 13.5. The lowest BCUT2D eigenvalue weighted by Gasteiger charge is -2.07. The molecule has 3 aromatic rings. The maximum absolute atomic E-state index is 12.3. The van der Waals surface area contributed by atoms with Crippen molar-refractivity contribution in [2.24, 2.45) is 0 Å². The van der Waals surface area contributed by atoms with E-state index < -0.39 is 5.76 Å². The number of rotatable bonds is 6. The number of nitrogens with one attached hydrogen (secondary N) is 3. The molecule has 0 saturated heterocycles. The van der Waals surface area contributed by atoms with Crippen molar-refractivity contribution in [3.63, 3.8) is 0 Å². The van der Waals surface area contributed by atoms with Crippen LogP contribution in [-0.2, 0) is 0 Å². The van der Waals surface area contributed by atoms with Crippen LogP contribution in [0.15, 0.2) is 57.8 Å². The number of carbonyl (C=O) groups is 2. The van der Waals surface area contributed by atoms with Gasteiger partial charge in [0.05, 0.1) is 16.6 Å². The topological polar surface area (TPSA) is 130 Å². The van der Waals surface area contributed by atoms with Crippen LogP contribution in [0.5, 0.6) is 0 Å². The molecule has 2 amide bonds. The van der Waals surface area contributed by atoms with Crippen molar-refractivity contribution in [3.05, 3.63) is 75.8 Å². The van der Waals surface area contributed by atoms with Gasteiger partial charge in [0, 0.05) is 18.8 Å². The molecule has 0 aliphatic heterocycles. The van der Waals surface area contributed by atoms with Crippen molar-refractivity contribution in [2.45, 2.75) is 6.92 Å². The van der Waals surface area contributed by atoms with E-state index in [9.17, 15) is 14.4 Å². The van der Waals surface area contributed by atoms with Gasteiger partial charge in [-0.05, 0) is 31.2 Å². The summed E-state index contributed by atoms with van der Waals surface area (Å²) in [6.07, 6.45) is 3.44. The largest absolute Gasteiger partial charge is 0.417 e. The highest BCUT2D eigenvalue weighted by atomic mass is 16.4. The molecule has 0 saturated carbocycles. The predicted molar refractivity (Wildman–Crippen MR) is 106 cm³/mol. The van der Waals surface area contributed by atoms with Gasteiger partial charge in [0.25, 0.3) is 11.8 Å². The number of para-hydroxylation sites is 1. The Morgan fingerprint density at radius 1 is 1.07 bits per heavy atom. The Bertz CT molecular complexity index is 1110. The van der Waals surface area contributed by atoms with Gasteiger partial charge in [0.15, 0.2) is 5.58 Å². The van der Waals surface area contributed by atoms with Gasteiger partial charge in [-0.2, -0.15) is 0 Å². The minimum Gasteiger partial charge on any atom is -0.408 e. The van der Waals surface area contributed by atoms with Crippen LogP contribution in [0.25, 0.3) is 11.1 Å². The Morgan fingerprint density at radius 2 is 1.75 bits per heavy atom. The summed E-state index contributed by atoms with van der Waals surface area (Å²) in [5.41, 5.74) is 8.63. The van der Waals surface area contributed by atoms with E-state index in [0.29, 0.717) is 34.5 Å². The Kier molecular flexibility index (Phi) is 5.59. The Morgan fingerprint density at radius 3 is 2.46 bits per heavy atom. The molecule has 0 spiro atoms. The lowest BCUT2D eigenvalue weighted by Crippen LogP contribution is -2.25. The van der Waals surface area contributed by atoms with Crippen LogP contribution in [0, 0.1) is 6.92 Å². The number of nitrogens with two attached hydrogens (primary N) is 1. The zero-order valence-electron chi connectivity index (χ0n) is 15.2. The first kappa shape index (κ1) is 19.0. The maximum Gasteiger partial charge on any atom is 0.417 e. The number of nitrogen functional groups attached to an aromatic ring is 1. The number of amides is 2. The molecule has 0 radical (unpaired) electrons. The summed E-state index contributed by atoms with van der Waals surface area (Å²) >= 11 is 0. The summed E-state index contributed by atoms with van der Waals surface area (Å²) in [5, 5.41) is 5.46. The number of hydrogen-bond donors (Lipinski definition) is 4. The summed E-state index contributed by atoms with van der Waals surface area (Å²) in [6.45, 7) is 2.45. The lowest BCUT2D eigenvalue weighted by atomic mass is 10.1. The molecule has 2 aromatic carbocycles. The quantitative estimate of drug-likeness (QED) is 0.382. The van der Waals surface area contributed by atoms with Crippen LogP contribution in [0.2, 0.25) is 0 Å². The summed E-state index contributed by atoms with van der Waals surface area (Å²) < 4.78 is 4.94. The Balaban J connectivity index is 1.50. The average molecular weight is 380 g/mol. The third kappa shape index (κ3) is 4.29. The van der Waals surface area contributed by atoms with Crippen molar-refractivity contribution in [1.82, 2.24) is 15.6 Å². The van der Waals surface area contributed by atoms with Gasteiger partial charge in [-0.1, -0.05) is 29.8 Å². The van der Waals surface area contributed by atoms with Crippen LogP contribution in [0.4, 0.5) is 5.69 Å². The maximum atomic E-state index is 12.3. The molecule has 144 valence electrons. The molecule has 1 heterocycles. The molecule has 0 unspecified atom stereocenters. The van der Waals surface area contributed by atoms with E-state index in [-0.39, 0.29) is 18.4 Å². The first-order valence-electron chi connectivity index (χ1n) is 8.65. The number of aromatic amines is 1. The normalized spacial score (nSPS) is 11.0. The molecule has 1 aromatic heterocycles. The predicted octanol–water partition coefficient (Wildman–Crippen LogP) is 1.73. The fraction of sp³-hybridized carbons (Fsp3) is 0.150. The van der Waals surface area contributed by atoms with Crippen LogP contribution >= 0.6 is 0 Å². The highest BCUT2D eigenvalue weighted by Crippen LogP contribution is 2.15. The van der Waals surface area contributed by atoms with Gasteiger partial charge < -0.3 is 20.8 Å². The second kappa shape index (κ2) is 8.26. The van der Waals surface area contributed by atoms with E-state index in [1.165, 1.54) is 0 Å². The highest BCUT2D eigenvalue weighted by Gasteiger charge is 2.12. The molecule has 0 bridgehead atoms. The number of anilines is 1. The van der Waals surface area contributed by atoms with E-state index in [1.807, 2.05) is 13.0 Å². The Labute approximate surface area is 160 Å². The van der Waals surface area contributed by atoms with Gasteiger partial charge in [-0.25, -0.2) is 4.79 Å². The van der Waals surface area contributed by atoms with Crippen molar-refractivity contribution < 1.29 is 14.0 Å². The molecule has 3 rings (SSSR count). The zero-order chi connectivity index (χ0) is 20.1. The molecule has 8 nitrogen and oxygen atoms in total. The summed E-state index contributed by atoms with van der Waals surface area (Å²) in [6, 6.07) is 10.1. The number of fused-ring (bicyclic) bond motifs is 1. The molecule has 0 fully saturated rings. The van der Waals surface area contributed by atoms with Crippen molar-refractivity contribution in [3.8, 4) is 0 Å². The van der Waals surface area contributed by atoms with Crippen LogP contribution in [-0.4, -0.2) is 29.9 Å². The van der Waals surface area contributed by atoms with Crippen molar-refractivity contribution in [1.29, 1.82) is 0 Å². The van der Waals surface area contributed by atoms with Gasteiger partial charge in [0.1, 0.15) is 0 Å². The van der Waals surface area contributed by atoms with E-state index in [2.05, 4.69) is 15.6 Å².